The van der Waals surface area contributed by atoms with Gasteiger partial charge in [0.1, 0.15) is 0 Å². The van der Waals surface area contributed by atoms with Crippen LogP contribution in [0.5, 0.6) is 0 Å². The van der Waals surface area contributed by atoms with Crippen LogP contribution < -0.4 is 0 Å². The molecular formula is C20H26NO2SSi. The van der Waals surface area contributed by atoms with Gasteiger partial charge in [-0.2, -0.15) is 0 Å². The van der Waals surface area contributed by atoms with Gasteiger partial charge in [0, 0.05) is 13.2 Å². The molecule has 0 N–H and O–H groups in total. The van der Waals surface area contributed by atoms with Crippen LogP contribution in [-0.2, 0) is 10.0 Å². The molecule has 2 rings (SSSR count). The molecule has 0 unspecified atom stereocenters. The van der Waals surface area contributed by atoms with Gasteiger partial charge in [0.25, 0.3) is 10.0 Å². The van der Waals surface area contributed by atoms with Gasteiger partial charge in [0.05, 0.1) is 13.7 Å². The summed E-state index contributed by atoms with van der Waals surface area (Å²) in [6.07, 6.45) is 1.83. The Morgan fingerprint density at radius 3 is 2.08 bits per heavy atom. The number of hydrogen-bond acceptors (Lipinski definition) is 2. The lowest BCUT2D eigenvalue weighted by atomic mass is 10.2. The number of sulfonamides is 1. The quantitative estimate of drug-likeness (QED) is 0.659. The lowest BCUT2D eigenvalue weighted by molar-refractivity contribution is 0.539. The fourth-order valence-corrected chi connectivity index (χ4v) is 6.11. The van der Waals surface area contributed by atoms with Crippen LogP contribution in [-0.4, -0.2) is 28.6 Å². The van der Waals surface area contributed by atoms with E-state index >= 15 is 0 Å². The Morgan fingerprint density at radius 2 is 1.56 bits per heavy atom. The molecule has 0 amide bonds. The van der Waals surface area contributed by atoms with E-state index in [1.165, 1.54) is 4.31 Å². The highest BCUT2D eigenvalue weighted by molar-refractivity contribution is 7.89. The smallest absolute Gasteiger partial charge is 0.263 e. The van der Waals surface area contributed by atoms with Crippen molar-refractivity contribution < 1.29 is 8.42 Å². The fourth-order valence-electron chi connectivity index (χ4n) is 2.75. The standard InChI is InChI=1S/C20H26NO2SSi/c1-5-25(6-2)20(18-10-8-7-9-11-18)16-21(4)24(22,23)19-14-12-17(3)13-15-19/h7-16H,5-6H2,1-4H3/b20-16-. The van der Waals surface area contributed by atoms with E-state index < -0.39 is 18.8 Å². The van der Waals surface area contributed by atoms with E-state index in [1.54, 1.807) is 19.2 Å². The van der Waals surface area contributed by atoms with Gasteiger partial charge in [0.2, 0.25) is 0 Å². The average molecular weight is 373 g/mol. The first kappa shape index (κ1) is 19.5. The summed E-state index contributed by atoms with van der Waals surface area (Å²) in [5, 5.41) is 1.16. The SMILES string of the molecule is CC[Si](CC)/C(=C\N(C)S(=O)(=O)c1ccc(C)cc1)c1ccccc1. The van der Waals surface area contributed by atoms with Crippen LogP contribution in [0.25, 0.3) is 5.20 Å². The highest BCUT2D eigenvalue weighted by Gasteiger charge is 2.21. The van der Waals surface area contributed by atoms with Gasteiger partial charge in [-0.1, -0.05) is 74.0 Å². The van der Waals surface area contributed by atoms with Crippen LogP contribution in [0.4, 0.5) is 0 Å². The van der Waals surface area contributed by atoms with Gasteiger partial charge in [-0.15, -0.1) is 0 Å². The summed E-state index contributed by atoms with van der Waals surface area (Å²) in [7, 11) is -2.71. The summed E-state index contributed by atoms with van der Waals surface area (Å²) < 4.78 is 27.2. The van der Waals surface area contributed by atoms with Crippen LogP contribution >= 0.6 is 0 Å². The minimum Gasteiger partial charge on any atom is -0.277 e. The Kier molecular flexibility index (Phi) is 6.62. The highest BCUT2D eigenvalue weighted by Crippen LogP contribution is 2.25. The topological polar surface area (TPSA) is 37.4 Å². The molecular weight excluding hydrogens is 346 g/mol. The molecule has 0 aliphatic carbocycles. The lowest BCUT2D eigenvalue weighted by Gasteiger charge is -2.21. The Hall–Kier alpha value is -1.85. The molecule has 2 aromatic carbocycles. The van der Waals surface area contributed by atoms with E-state index in [2.05, 4.69) is 26.0 Å². The molecule has 0 spiro atoms. The zero-order valence-electron chi connectivity index (χ0n) is 15.4. The predicted molar refractivity (Wildman–Crippen MR) is 107 cm³/mol. The second kappa shape index (κ2) is 8.49. The molecule has 2 aromatic rings. The molecule has 0 aliphatic heterocycles. The summed E-state index contributed by atoms with van der Waals surface area (Å²) in [6, 6.07) is 19.3. The molecule has 0 aromatic heterocycles. The number of rotatable bonds is 7. The fraction of sp³-hybridized carbons (Fsp3) is 0.300. The van der Waals surface area contributed by atoms with E-state index in [9.17, 15) is 8.42 Å². The van der Waals surface area contributed by atoms with Crippen molar-refractivity contribution in [2.75, 3.05) is 7.05 Å². The van der Waals surface area contributed by atoms with Gasteiger partial charge in [-0.05, 0) is 29.8 Å². The molecule has 133 valence electrons. The Morgan fingerprint density at radius 1 is 1.00 bits per heavy atom. The van der Waals surface area contributed by atoms with Crippen LogP contribution in [0.2, 0.25) is 12.1 Å². The van der Waals surface area contributed by atoms with Crippen LogP contribution in [0.3, 0.4) is 0 Å². The third kappa shape index (κ3) is 4.61. The third-order valence-electron chi connectivity index (χ3n) is 4.33. The van der Waals surface area contributed by atoms with E-state index in [4.69, 9.17) is 0 Å². The summed E-state index contributed by atoms with van der Waals surface area (Å²) in [4.78, 5) is 0.325. The predicted octanol–water partition coefficient (Wildman–Crippen LogP) is 4.73. The van der Waals surface area contributed by atoms with E-state index in [-0.39, 0.29) is 0 Å². The maximum atomic E-state index is 12.9. The van der Waals surface area contributed by atoms with Crippen LogP contribution in [0.1, 0.15) is 25.0 Å². The lowest BCUT2D eigenvalue weighted by Crippen LogP contribution is -2.24. The van der Waals surface area contributed by atoms with Crippen molar-refractivity contribution in [3.8, 4) is 0 Å². The first-order valence-electron chi connectivity index (χ1n) is 8.57. The van der Waals surface area contributed by atoms with Gasteiger partial charge >= 0.3 is 0 Å². The molecule has 1 radical (unpaired) electrons. The normalized spacial score (nSPS) is 12.4. The van der Waals surface area contributed by atoms with Crippen molar-refractivity contribution in [2.45, 2.75) is 37.8 Å². The van der Waals surface area contributed by atoms with Gasteiger partial charge < -0.3 is 0 Å². The molecule has 5 heteroatoms. The maximum Gasteiger partial charge on any atom is 0.263 e. The van der Waals surface area contributed by atoms with E-state index in [0.29, 0.717) is 4.90 Å². The first-order valence-corrected chi connectivity index (χ1v) is 11.9. The van der Waals surface area contributed by atoms with Gasteiger partial charge in [-0.25, -0.2) is 8.42 Å². The third-order valence-corrected chi connectivity index (χ3v) is 8.95. The summed E-state index contributed by atoms with van der Waals surface area (Å²) in [5.41, 5.74) is 2.16. The Balaban J connectivity index is 2.45. The Labute approximate surface area is 153 Å². The molecule has 25 heavy (non-hydrogen) atoms. The van der Waals surface area contributed by atoms with Crippen molar-refractivity contribution in [3.05, 3.63) is 71.9 Å². The summed E-state index contributed by atoms with van der Waals surface area (Å²) in [5.74, 6) is 0. The molecule has 0 bridgehead atoms. The summed E-state index contributed by atoms with van der Waals surface area (Å²) in [6.45, 7) is 6.32. The number of aryl methyl sites for hydroxylation is 1. The van der Waals surface area contributed by atoms with Crippen molar-refractivity contribution in [3.63, 3.8) is 0 Å². The van der Waals surface area contributed by atoms with Crippen molar-refractivity contribution >= 4 is 24.0 Å². The van der Waals surface area contributed by atoms with Crippen molar-refractivity contribution in [1.82, 2.24) is 4.31 Å². The monoisotopic (exact) mass is 372 g/mol. The zero-order valence-corrected chi connectivity index (χ0v) is 17.2. The zero-order chi connectivity index (χ0) is 18.4. The molecule has 0 aliphatic rings. The molecule has 0 atom stereocenters. The molecule has 0 saturated carbocycles. The molecule has 0 heterocycles. The van der Waals surface area contributed by atoms with Gasteiger partial charge in [0.15, 0.2) is 0 Å². The number of hydrogen-bond donors (Lipinski definition) is 0. The van der Waals surface area contributed by atoms with Crippen molar-refractivity contribution in [1.29, 1.82) is 0 Å². The minimum atomic E-state index is -3.54. The van der Waals surface area contributed by atoms with Gasteiger partial charge in [-0.3, -0.25) is 4.31 Å². The van der Waals surface area contributed by atoms with Crippen molar-refractivity contribution in [2.24, 2.45) is 0 Å². The molecule has 0 saturated heterocycles. The summed E-state index contributed by atoms with van der Waals surface area (Å²) >= 11 is 0. The second-order valence-corrected chi connectivity index (χ2v) is 11.2. The van der Waals surface area contributed by atoms with Crippen LogP contribution in [0, 0.1) is 6.92 Å². The Bertz CT molecular complexity index is 811. The number of nitrogens with zero attached hydrogens (tertiary/aromatic N) is 1. The molecule has 3 nitrogen and oxygen atoms in total. The largest absolute Gasteiger partial charge is 0.277 e. The number of benzene rings is 2. The molecule has 0 fully saturated rings. The first-order chi connectivity index (χ1) is 11.9. The average Bonchev–Trinajstić information content (AvgIpc) is 2.62. The second-order valence-electron chi connectivity index (χ2n) is 6.05. The highest BCUT2D eigenvalue weighted by atomic mass is 32.2. The van der Waals surface area contributed by atoms with E-state index in [0.717, 1.165) is 28.4 Å². The minimum absolute atomic E-state index is 0.325. The van der Waals surface area contributed by atoms with E-state index in [1.807, 2.05) is 43.5 Å². The van der Waals surface area contributed by atoms with Crippen LogP contribution in [0.15, 0.2) is 65.7 Å². The maximum absolute atomic E-state index is 12.9.